The number of hydrogen-bond donors (Lipinski definition) is 2. The van der Waals surface area contributed by atoms with Gasteiger partial charge in [-0.3, -0.25) is 0 Å². The second kappa shape index (κ2) is 7.25. The van der Waals surface area contributed by atoms with Crippen LogP contribution in [0.2, 0.25) is 0 Å². The Labute approximate surface area is 166 Å². The molecular formula is C25H27N3. The molecule has 142 valence electrons. The van der Waals surface area contributed by atoms with Gasteiger partial charge >= 0.3 is 0 Å². The molecule has 2 N–H and O–H groups in total. The zero-order chi connectivity index (χ0) is 19.7. The van der Waals surface area contributed by atoms with Crippen LogP contribution in [0.1, 0.15) is 32.2 Å². The van der Waals surface area contributed by atoms with Crippen LogP contribution in [0.3, 0.4) is 0 Å². The highest BCUT2D eigenvalue weighted by Crippen LogP contribution is 2.29. The average molecular weight is 370 g/mol. The van der Waals surface area contributed by atoms with Gasteiger partial charge in [0.05, 0.1) is 11.0 Å². The number of rotatable bonds is 4. The van der Waals surface area contributed by atoms with Crippen LogP contribution >= 0.6 is 0 Å². The van der Waals surface area contributed by atoms with E-state index >= 15 is 0 Å². The minimum Gasteiger partial charge on any atom is -0.342 e. The highest BCUT2D eigenvalue weighted by Gasteiger charge is 2.11. The highest BCUT2D eigenvalue weighted by atomic mass is 14.9. The van der Waals surface area contributed by atoms with Crippen molar-refractivity contribution in [1.82, 2.24) is 15.3 Å². The van der Waals surface area contributed by atoms with Gasteiger partial charge in [-0.05, 0) is 67.6 Å². The second-order valence-corrected chi connectivity index (χ2v) is 8.39. The molecule has 0 aliphatic heterocycles. The third kappa shape index (κ3) is 4.00. The summed E-state index contributed by atoms with van der Waals surface area (Å²) < 4.78 is 0. The van der Waals surface area contributed by atoms with E-state index < -0.39 is 0 Å². The molecule has 4 rings (SSSR count). The van der Waals surface area contributed by atoms with E-state index in [1.54, 1.807) is 0 Å². The molecule has 3 nitrogen and oxygen atoms in total. The molecule has 0 saturated heterocycles. The quantitative estimate of drug-likeness (QED) is 0.457. The lowest BCUT2D eigenvalue weighted by Gasteiger charge is -2.21. The number of nitrogens with one attached hydrogen (secondary N) is 2. The van der Waals surface area contributed by atoms with Crippen LogP contribution in [-0.4, -0.2) is 15.5 Å². The summed E-state index contributed by atoms with van der Waals surface area (Å²) in [4.78, 5) is 7.81. The molecule has 3 aromatic carbocycles. The van der Waals surface area contributed by atoms with Gasteiger partial charge in [0, 0.05) is 12.1 Å². The van der Waals surface area contributed by atoms with Crippen LogP contribution in [-0.2, 0) is 6.54 Å². The van der Waals surface area contributed by atoms with E-state index in [9.17, 15) is 0 Å². The minimum absolute atomic E-state index is 0.0979. The summed E-state index contributed by atoms with van der Waals surface area (Å²) in [7, 11) is 0. The Hall–Kier alpha value is -2.91. The van der Waals surface area contributed by atoms with E-state index in [0.29, 0.717) is 0 Å². The van der Waals surface area contributed by atoms with Crippen molar-refractivity contribution in [3.63, 3.8) is 0 Å². The van der Waals surface area contributed by atoms with Gasteiger partial charge in [0.2, 0.25) is 0 Å². The molecular weight excluding hydrogens is 342 g/mol. The number of imidazole rings is 1. The molecule has 1 aromatic heterocycles. The van der Waals surface area contributed by atoms with Gasteiger partial charge < -0.3 is 10.3 Å². The molecule has 0 saturated carbocycles. The summed E-state index contributed by atoms with van der Waals surface area (Å²) in [5, 5.41) is 3.60. The molecule has 0 amide bonds. The van der Waals surface area contributed by atoms with Crippen molar-refractivity contribution in [3.8, 4) is 22.3 Å². The Morgan fingerprint density at radius 1 is 0.857 bits per heavy atom. The molecule has 3 heteroatoms. The fourth-order valence-electron chi connectivity index (χ4n) is 3.48. The topological polar surface area (TPSA) is 40.7 Å². The molecule has 0 aliphatic rings. The first-order valence-corrected chi connectivity index (χ1v) is 9.79. The Kier molecular flexibility index (Phi) is 4.78. The first kappa shape index (κ1) is 18.5. The zero-order valence-corrected chi connectivity index (χ0v) is 17.0. The van der Waals surface area contributed by atoms with Gasteiger partial charge in [-0.2, -0.15) is 0 Å². The summed E-state index contributed by atoms with van der Waals surface area (Å²) in [5.41, 5.74) is 8.45. The third-order valence-corrected chi connectivity index (χ3v) is 4.96. The van der Waals surface area contributed by atoms with Crippen LogP contribution in [0, 0.1) is 6.92 Å². The van der Waals surface area contributed by atoms with Gasteiger partial charge in [0.25, 0.3) is 0 Å². The van der Waals surface area contributed by atoms with E-state index in [0.717, 1.165) is 23.4 Å². The standard InChI is InChI=1S/C25H27N3/c1-17-27-23-14-13-20(15-24(23)28-17)18-9-11-19(12-10-18)22-8-6-5-7-21(22)16-26-25(2,3)4/h5-15,26H,16H2,1-4H3,(H,27,28). The number of nitrogens with zero attached hydrogens (tertiary/aromatic N) is 1. The van der Waals surface area contributed by atoms with Crippen LogP contribution in [0.25, 0.3) is 33.3 Å². The van der Waals surface area contributed by atoms with Gasteiger partial charge in [-0.15, -0.1) is 0 Å². The van der Waals surface area contributed by atoms with E-state index in [1.165, 1.54) is 27.8 Å². The number of aromatic nitrogens is 2. The fraction of sp³-hybridized carbons (Fsp3) is 0.240. The van der Waals surface area contributed by atoms with Gasteiger partial charge in [-0.1, -0.05) is 54.6 Å². The predicted octanol–water partition coefficient (Wildman–Crippen LogP) is 6.09. The Morgan fingerprint density at radius 2 is 1.54 bits per heavy atom. The molecule has 0 atom stereocenters. The first-order valence-electron chi connectivity index (χ1n) is 9.79. The third-order valence-electron chi connectivity index (χ3n) is 4.96. The molecule has 0 unspecified atom stereocenters. The molecule has 4 aromatic rings. The molecule has 28 heavy (non-hydrogen) atoms. The maximum atomic E-state index is 4.48. The molecule has 0 aliphatic carbocycles. The Bertz CT molecular complexity index is 1100. The second-order valence-electron chi connectivity index (χ2n) is 8.39. The number of benzene rings is 3. The molecule has 0 spiro atoms. The molecule has 0 radical (unpaired) electrons. The lowest BCUT2D eigenvalue weighted by Crippen LogP contribution is -2.35. The maximum absolute atomic E-state index is 4.48. The van der Waals surface area contributed by atoms with Gasteiger partial charge in [0.15, 0.2) is 0 Å². The summed E-state index contributed by atoms with van der Waals surface area (Å²) >= 11 is 0. The number of fused-ring (bicyclic) bond motifs is 1. The smallest absolute Gasteiger partial charge is 0.104 e. The molecule has 0 fully saturated rings. The molecule has 1 heterocycles. The summed E-state index contributed by atoms with van der Waals surface area (Å²) in [5.74, 6) is 0.947. The summed E-state index contributed by atoms with van der Waals surface area (Å²) in [6.45, 7) is 9.44. The Balaban J connectivity index is 1.62. The number of aryl methyl sites for hydroxylation is 1. The predicted molar refractivity (Wildman–Crippen MR) is 118 cm³/mol. The highest BCUT2D eigenvalue weighted by molar-refractivity contribution is 5.82. The number of H-pyrrole nitrogens is 1. The van der Waals surface area contributed by atoms with Crippen molar-refractivity contribution >= 4 is 11.0 Å². The van der Waals surface area contributed by atoms with Crippen molar-refractivity contribution in [3.05, 3.63) is 78.1 Å². The van der Waals surface area contributed by atoms with Gasteiger partial charge in [-0.25, -0.2) is 4.98 Å². The van der Waals surface area contributed by atoms with Crippen molar-refractivity contribution in [2.75, 3.05) is 0 Å². The normalized spacial score (nSPS) is 11.9. The van der Waals surface area contributed by atoms with Crippen molar-refractivity contribution in [2.24, 2.45) is 0 Å². The Morgan fingerprint density at radius 3 is 2.29 bits per heavy atom. The largest absolute Gasteiger partial charge is 0.342 e. The monoisotopic (exact) mass is 369 g/mol. The van der Waals surface area contributed by atoms with Crippen LogP contribution < -0.4 is 5.32 Å². The molecule has 0 bridgehead atoms. The minimum atomic E-state index is 0.0979. The van der Waals surface area contributed by atoms with E-state index in [1.807, 2.05) is 6.92 Å². The SMILES string of the molecule is Cc1nc2ccc(-c3ccc(-c4ccccc4CNC(C)(C)C)cc3)cc2[nH]1. The van der Waals surface area contributed by atoms with Crippen LogP contribution in [0.4, 0.5) is 0 Å². The van der Waals surface area contributed by atoms with Crippen LogP contribution in [0.5, 0.6) is 0 Å². The maximum Gasteiger partial charge on any atom is 0.104 e. The lowest BCUT2D eigenvalue weighted by molar-refractivity contribution is 0.424. The average Bonchev–Trinajstić information content (AvgIpc) is 3.05. The van der Waals surface area contributed by atoms with Crippen LogP contribution in [0.15, 0.2) is 66.7 Å². The lowest BCUT2D eigenvalue weighted by atomic mass is 9.96. The zero-order valence-electron chi connectivity index (χ0n) is 17.0. The number of hydrogen-bond acceptors (Lipinski definition) is 2. The number of aromatic amines is 1. The first-order chi connectivity index (χ1) is 13.4. The summed E-state index contributed by atoms with van der Waals surface area (Å²) in [6, 6.07) is 23.9. The fourth-order valence-corrected chi connectivity index (χ4v) is 3.48. The van der Waals surface area contributed by atoms with Crippen molar-refractivity contribution < 1.29 is 0 Å². The van der Waals surface area contributed by atoms with E-state index in [2.05, 4.69) is 103 Å². The van der Waals surface area contributed by atoms with Crippen molar-refractivity contribution in [1.29, 1.82) is 0 Å². The van der Waals surface area contributed by atoms with Crippen molar-refractivity contribution in [2.45, 2.75) is 39.8 Å². The van der Waals surface area contributed by atoms with Gasteiger partial charge in [0.1, 0.15) is 5.82 Å². The van der Waals surface area contributed by atoms with E-state index in [-0.39, 0.29) is 5.54 Å². The summed E-state index contributed by atoms with van der Waals surface area (Å²) in [6.07, 6.45) is 0. The van der Waals surface area contributed by atoms with E-state index in [4.69, 9.17) is 0 Å².